The van der Waals surface area contributed by atoms with Crippen LogP contribution in [0.15, 0.2) is 18.2 Å². The van der Waals surface area contributed by atoms with E-state index in [1.54, 1.807) is 0 Å². The number of rotatable bonds is 4. The lowest BCUT2D eigenvalue weighted by Crippen LogP contribution is -2.26. The minimum Gasteiger partial charge on any atom is -0.492 e. The van der Waals surface area contributed by atoms with Gasteiger partial charge in [0.25, 0.3) is 0 Å². The van der Waals surface area contributed by atoms with Crippen LogP contribution < -0.4 is 10.1 Å². The Balaban J connectivity index is 2.59. The quantitative estimate of drug-likeness (QED) is 0.651. The summed E-state index contributed by atoms with van der Waals surface area (Å²) in [4.78, 5) is 10.1. The Bertz CT molecular complexity index is 434. The summed E-state index contributed by atoms with van der Waals surface area (Å²) in [6.45, 7) is -0.172. The van der Waals surface area contributed by atoms with E-state index in [1.165, 1.54) is 0 Å². The molecule has 0 atom stereocenters. The molecule has 0 fully saturated rings. The maximum Gasteiger partial charge on any atom is 0.419 e. The lowest BCUT2D eigenvalue weighted by Gasteiger charge is -2.10. The molecule has 0 unspecified atom stereocenters. The van der Waals surface area contributed by atoms with Gasteiger partial charge in [-0.3, -0.25) is 0 Å². The van der Waals surface area contributed by atoms with Gasteiger partial charge in [-0.05, 0) is 12.1 Å². The van der Waals surface area contributed by atoms with Gasteiger partial charge in [0.15, 0.2) is 0 Å². The number of amides is 1. The van der Waals surface area contributed by atoms with Crippen molar-refractivity contribution in [3.8, 4) is 5.75 Å². The van der Waals surface area contributed by atoms with Crippen LogP contribution in [0, 0.1) is 5.82 Å². The van der Waals surface area contributed by atoms with Gasteiger partial charge >= 0.3 is 12.3 Å². The van der Waals surface area contributed by atoms with E-state index in [9.17, 15) is 22.4 Å². The molecule has 1 rings (SSSR count). The van der Waals surface area contributed by atoms with Gasteiger partial charge in [0.2, 0.25) is 0 Å². The Hall–Kier alpha value is -1.99. The van der Waals surface area contributed by atoms with E-state index in [1.807, 2.05) is 5.32 Å². The molecule has 1 amide bonds. The van der Waals surface area contributed by atoms with Gasteiger partial charge in [0.05, 0.1) is 12.1 Å². The van der Waals surface area contributed by atoms with Crippen LogP contribution in [0.4, 0.5) is 22.4 Å². The second-order valence-electron chi connectivity index (χ2n) is 3.22. The van der Waals surface area contributed by atoms with Crippen molar-refractivity contribution in [2.75, 3.05) is 13.2 Å². The van der Waals surface area contributed by atoms with Crippen LogP contribution in [0.2, 0.25) is 0 Å². The zero-order valence-electron chi connectivity index (χ0n) is 8.92. The summed E-state index contributed by atoms with van der Waals surface area (Å²) in [5, 5.41) is 10.2. The molecule has 0 radical (unpaired) electrons. The number of alkyl halides is 3. The van der Waals surface area contributed by atoms with Crippen LogP contribution in [0.1, 0.15) is 5.56 Å². The van der Waals surface area contributed by atoms with Gasteiger partial charge in [0.1, 0.15) is 18.2 Å². The van der Waals surface area contributed by atoms with Gasteiger partial charge in [-0.2, -0.15) is 13.2 Å². The van der Waals surface area contributed by atoms with Crippen molar-refractivity contribution < 1.29 is 32.2 Å². The summed E-state index contributed by atoms with van der Waals surface area (Å²) in [6, 6.07) is 2.13. The van der Waals surface area contributed by atoms with Gasteiger partial charge in [-0.25, -0.2) is 9.18 Å². The number of nitrogens with one attached hydrogen (secondary N) is 1. The molecule has 18 heavy (non-hydrogen) atoms. The average molecular weight is 267 g/mol. The first-order valence-corrected chi connectivity index (χ1v) is 4.77. The van der Waals surface area contributed by atoms with E-state index in [0.29, 0.717) is 12.1 Å². The highest BCUT2D eigenvalue weighted by atomic mass is 19.4. The second kappa shape index (κ2) is 5.56. The van der Waals surface area contributed by atoms with E-state index in [2.05, 4.69) is 0 Å². The van der Waals surface area contributed by atoms with Crippen LogP contribution in [0.25, 0.3) is 0 Å². The molecule has 0 aliphatic heterocycles. The lowest BCUT2D eigenvalue weighted by molar-refractivity contribution is -0.140. The number of benzene rings is 1. The highest BCUT2D eigenvalue weighted by molar-refractivity contribution is 5.64. The fourth-order valence-corrected chi connectivity index (χ4v) is 1.14. The summed E-state index contributed by atoms with van der Waals surface area (Å²) in [7, 11) is 0. The van der Waals surface area contributed by atoms with Crippen LogP contribution >= 0.6 is 0 Å². The molecule has 8 heteroatoms. The van der Waals surface area contributed by atoms with Crippen LogP contribution in [-0.4, -0.2) is 24.4 Å². The number of hydrogen-bond donors (Lipinski definition) is 2. The summed E-state index contributed by atoms with van der Waals surface area (Å²) in [5.41, 5.74) is -1.38. The third-order valence-electron chi connectivity index (χ3n) is 1.89. The number of hydrogen-bond acceptors (Lipinski definition) is 2. The van der Waals surface area contributed by atoms with Gasteiger partial charge in [0, 0.05) is 6.07 Å². The zero-order chi connectivity index (χ0) is 13.8. The molecule has 1 aromatic rings. The molecule has 2 N–H and O–H groups in total. The average Bonchev–Trinajstić information content (AvgIpc) is 2.22. The first-order chi connectivity index (χ1) is 8.30. The molecule has 4 nitrogen and oxygen atoms in total. The Kier molecular flexibility index (Phi) is 4.35. The fraction of sp³-hybridized carbons (Fsp3) is 0.300. The Morgan fingerprint density at radius 1 is 1.39 bits per heavy atom. The number of halogens is 4. The summed E-state index contributed by atoms with van der Waals surface area (Å²) < 4.78 is 54.6. The molecule has 0 aliphatic carbocycles. The third-order valence-corrected chi connectivity index (χ3v) is 1.89. The van der Waals surface area contributed by atoms with E-state index in [0.717, 1.165) is 6.07 Å². The highest BCUT2D eigenvalue weighted by Gasteiger charge is 2.33. The predicted molar refractivity (Wildman–Crippen MR) is 52.9 cm³/mol. The Morgan fingerprint density at radius 3 is 2.56 bits per heavy atom. The van der Waals surface area contributed by atoms with Gasteiger partial charge in [-0.15, -0.1) is 0 Å². The SMILES string of the molecule is O=C(O)NCCOc1ccc(C(F)(F)F)c(F)c1. The van der Waals surface area contributed by atoms with Gasteiger partial charge in [-0.1, -0.05) is 0 Å². The molecule has 0 saturated heterocycles. The van der Waals surface area contributed by atoms with Crippen LogP contribution in [0.5, 0.6) is 5.75 Å². The molecular weight excluding hydrogens is 258 g/mol. The first kappa shape index (κ1) is 14.1. The lowest BCUT2D eigenvalue weighted by atomic mass is 10.2. The smallest absolute Gasteiger partial charge is 0.419 e. The second-order valence-corrected chi connectivity index (χ2v) is 3.22. The topological polar surface area (TPSA) is 58.6 Å². The Labute approximate surface area is 99.2 Å². The number of ether oxygens (including phenoxy) is 1. The Morgan fingerprint density at radius 2 is 2.06 bits per heavy atom. The molecule has 1 aromatic carbocycles. The number of carbonyl (C=O) groups is 1. The molecule has 0 saturated carbocycles. The van der Waals surface area contributed by atoms with E-state index in [4.69, 9.17) is 9.84 Å². The third kappa shape index (κ3) is 4.11. The molecular formula is C10H9F4NO3. The van der Waals surface area contributed by atoms with E-state index in [-0.39, 0.29) is 18.9 Å². The largest absolute Gasteiger partial charge is 0.492 e. The summed E-state index contributed by atoms with van der Waals surface area (Å²) >= 11 is 0. The van der Waals surface area contributed by atoms with Crippen LogP contribution in [-0.2, 0) is 6.18 Å². The maximum atomic E-state index is 13.1. The number of carboxylic acid groups (broad SMARTS) is 1. The highest BCUT2D eigenvalue weighted by Crippen LogP contribution is 2.32. The normalized spacial score (nSPS) is 11.1. The molecule has 0 heterocycles. The van der Waals surface area contributed by atoms with E-state index >= 15 is 0 Å². The summed E-state index contributed by atoms with van der Waals surface area (Å²) in [5.74, 6) is -1.54. The minimum atomic E-state index is -4.76. The predicted octanol–water partition coefficient (Wildman–Crippen LogP) is 2.49. The molecule has 0 aliphatic rings. The minimum absolute atomic E-state index is 0.0576. The summed E-state index contributed by atoms with van der Waals surface area (Å²) in [6.07, 6.45) is -6.01. The zero-order valence-corrected chi connectivity index (χ0v) is 8.92. The first-order valence-electron chi connectivity index (χ1n) is 4.77. The molecule has 100 valence electrons. The van der Waals surface area contributed by atoms with Crippen molar-refractivity contribution >= 4 is 6.09 Å². The maximum absolute atomic E-state index is 13.1. The standard InChI is InChI=1S/C10H9F4NO3/c11-8-5-6(18-4-3-15-9(16)17)1-2-7(8)10(12,13)14/h1-2,5,15H,3-4H2,(H,16,17). The van der Waals surface area contributed by atoms with E-state index < -0.39 is 23.7 Å². The van der Waals surface area contributed by atoms with Crippen LogP contribution in [0.3, 0.4) is 0 Å². The molecule has 0 aromatic heterocycles. The monoisotopic (exact) mass is 267 g/mol. The van der Waals surface area contributed by atoms with Crippen molar-refractivity contribution in [1.29, 1.82) is 0 Å². The molecule has 0 spiro atoms. The van der Waals surface area contributed by atoms with Crippen molar-refractivity contribution in [3.05, 3.63) is 29.6 Å². The van der Waals surface area contributed by atoms with Crippen molar-refractivity contribution in [1.82, 2.24) is 5.32 Å². The fourth-order valence-electron chi connectivity index (χ4n) is 1.14. The molecule has 0 bridgehead atoms. The van der Waals surface area contributed by atoms with Gasteiger partial charge < -0.3 is 15.2 Å². The van der Waals surface area contributed by atoms with Crippen molar-refractivity contribution in [3.63, 3.8) is 0 Å². The van der Waals surface area contributed by atoms with Crippen molar-refractivity contribution in [2.45, 2.75) is 6.18 Å². The van der Waals surface area contributed by atoms with Crippen molar-refractivity contribution in [2.24, 2.45) is 0 Å².